The zero-order valence-electron chi connectivity index (χ0n) is 18.6. The maximum atomic E-state index is 12.3. The van der Waals surface area contributed by atoms with E-state index in [9.17, 15) is 14.7 Å². The highest BCUT2D eigenvalue weighted by Gasteiger charge is 2.15. The fraction of sp³-hybridized carbons (Fsp3) is 0.400. The minimum atomic E-state index is -0.147. The van der Waals surface area contributed by atoms with Crippen molar-refractivity contribution in [3.63, 3.8) is 0 Å². The summed E-state index contributed by atoms with van der Waals surface area (Å²) in [4.78, 5) is 24.7. The van der Waals surface area contributed by atoms with E-state index in [1.165, 1.54) is 46.2 Å². The summed E-state index contributed by atoms with van der Waals surface area (Å²) in [6, 6.07) is 1.84. The molecule has 176 valence electrons. The predicted octanol–water partition coefficient (Wildman–Crippen LogP) is 3.15. The summed E-state index contributed by atoms with van der Waals surface area (Å²) in [5.41, 5.74) is 3.04. The Morgan fingerprint density at radius 3 is 1.88 bits per heavy atom. The molecule has 3 N–H and O–H groups in total. The van der Waals surface area contributed by atoms with Gasteiger partial charge in [0, 0.05) is 13.1 Å². The van der Waals surface area contributed by atoms with Crippen molar-refractivity contribution in [3.05, 3.63) is 38.3 Å². The molecule has 33 heavy (non-hydrogen) atoms. The average Bonchev–Trinajstić information content (AvgIpc) is 3.40. The van der Waals surface area contributed by atoms with Crippen LogP contribution in [0, 0.1) is 27.7 Å². The highest BCUT2D eigenvalue weighted by molar-refractivity contribution is 8.01. The number of phenolic OH excluding ortho intramolecular Hbond substituents is 1. The van der Waals surface area contributed by atoms with E-state index < -0.39 is 0 Å². The SMILES string of the molecule is Cc1nnc(SCC(=O)NCc2cc(C)c(O)c(C)c2CNC(=O)CSc2nnc(C)s2)s1. The summed E-state index contributed by atoms with van der Waals surface area (Å²) in [5, 5.41) is 33.8. The second-order valence-corrected chi connectivity index (χ2v) is 11.9. The number of rotatable bonds is 10. The van der Waals surface area contributed by atoms with Gasteiger partial charge in [0.1, 0.15) is 15.8 Å². The van der Waals surface area contributed by atoms with Gasteiger partial charge in [-0.15, -0.1) is 20.4 Å². The zero-order valence-corrected chi connectivity index (χ0v) is 21.9. The number of thioether (sulfide) groups is 2. The Bertz CT molecular complexity index is 1150. The number of hydrogen-bond donors (Lipinski definition) is 3. The van der Waals surface area contributed by atoms with Crippen molar-refractivity contribution in [2.24, 2.45) is 0 Å². The van der Waals surface area contributed by atoms with Crippen molar-refractivity contribution in [3.8, 4) is 5.75 Å². The number of amides is 2. The molecular formula is C20H24N6O3S4. The minimum absolute atomic E-state index is 0.130. The third-order valence-electron chi connectivity index (χ3n) is 4.57. The third kappa shape index (κ3) is 7.39. The van der Waals surface area contributed by atoms with Crippen LogP contribution in [0.25, 0.3) is 0 Å². The van der Waals surface area contributed by atoms with Gasteiger partial charge in [-0.05, 0) is 49.9 Å². The molecule has 0 unspecified atom stereocenters. The number of carbonyl (C=O) groups excluding carboxylic acids is 2. The average molecular weight is 525 g/mol. The summed E-state index contributed by atoms with van der Waals surface area (Å²) in [5.74, 6) is 0.371. The van der Waals surface area contributed by atoms with E-state index in [2.05, 4.69) is 31.0 Å². The van der Waals surface area contributed by atoms with Gasteiger partial charge < -0.3 is 15.7 Å². The number of nitrogens with one attached hydrogen (secondary N) is 2. The molecule has 0 saturated carbocycles. The van der Waals surface area contributed by atoms with Gasteiger partial charge in [0.15, 0.2) is 8.68 Å². The number of phenols is 1. The maximum absolute atomic E-state index is 12.3. The number of benzene rings is 1. The molecular weight excluding hydrogens is 501 g/mol. The molecule has 0 spiro atoms. The lowest BCUT2D eigenvalue weighted by molar-refractivity contribution is -0.119. The molecule has 3 rings (SSSR count). The lowest BCUT2D eigenvalue weighted by Gasteiger charge is -2.17. The van der Waals surface area contributed by atoms with E-state index in [-0.39, 0.29) is 35.6 Å². The first-order valence-electron chi connectivity index (χ1n) is 9.93. The van der Waals surface area contributed by atoms with Crippen LogP contribution in [0.15, 0.2) is 14.7 Å². The molecule has 13 heteroatoms. The molecule has 0 bridgehead atoms. The first-order chi connectivity index (χ1) is 15.7. The van der Waals surface area contributed by atoms with Gasteiger partial charge in [-0.1, -0.05) is 52.3 Å². The van der Waals surface area contributed by atoms with Gasteiger partial charge >= 0.3 is 0 Å². The smallest absolute Gasteiger partial charge is 0.230 e. The Balaban J connectivity index is 1.57. The number of carbonyl (C=O) groups is 2. The Morgan fingerprint density at radius 2 is 1.39 bits per heavy atom. The molecule has 2 aromatic heterocycles. The summed E-state index contributed by atoms with van der Waals surface area (Å²) >= 11 is 5.57. The third-order valence-corrected chi connectivity index (χ3v) is 8.51. The summed E-state index contributed by atoms with van der Waals surface area (Å²) in [7, 11) is 0. The molecule has 0 aliphatic rings. The van der Waals surface area contributed by atoms with Gasteiger partial charge in [0.25, 0.3) is 0 Å². The Morgan fingerprint density at radius 1 is 0.879 bits per heavy atom. The largest absolute Gasteiger partial charge is 0.507 e. The Kier molecular flexibility index (Phi) is 9.06. The van der Waals surface area contributed by atoms with Crippen molar-refractivity contribution in [1.82, 2.24) is 31.0 Å². The molecule has 0 aliphatic heterocycles. The fourth-order valence-corrected chi connectivity index (χ4v) is 6.20. The monoisotopic (exact) mass is 524 g/mol. The molecule has 3 aromatic rings. The van der Waals surface area contributed by atoms with Gasteiger partial charge in [-0.3, -0.25) is 9.59 Å². The van der Waals surface area contributed by atoms with Crippen LogP contribution in [0.2, 0.25) is 0 Å². The quantitative estimate of drug-likeness (QED) is 0.342. The minimum Gasteiger partial charge on any atom is -0.507 e. The normalized spacial score (nSPS) is 10.9. The summed E-state index contributed by atoms with van der Waals surface area (Å²) in [6.45, 7) is 7.89. The fourth-order valence-electron chi connectivity index (χ4n) is 2.91. The van der Waals surface area contributed by atoms with Gasteiger partial charge in [-0.2, -0.15) is 0 Å². The first-order valence-corrected chi connectivity index (χ1v) is 13.5. The Hall–Kier alpha value is -2.22. The predicted molar refractivity (Wildman–Crippen MR) is 132 cm³/mol. The first kappa shape index (κ1) is 25.4. The second-order valence-electron chi connectivity index (χ2n) is 7.11. The number of hydrogen-bond acceptors (Lipinski definition) is 11. The summed E-state index contributed by atoms with van der Waals surface area (Å²) in [6.07, 6.45) is 0. The van der Waals surface area contributed by atoms with Crippen LogP contribution < -0.4 is 10.6 Å². The lowest BCUT2D eigenvalue weighted by atomic mass is 9.97. The molecule has 0 atom stereocenters. The van der Waals surface area contributed by atoms with Gasteiger partial charge in [-0.25, -0.2) is 0 Å². The number of aromatic hydroxyl groups is 1. The number of nitrogens with zero attached hydrogens (tertiary/aromatic N) is 4. The van der Waals surface area contributed by atoms with Crippen LogP contribution in [0.3, 0.4) is 0 Å². The second kappa shape index (κ2) is 11.8. The summed E-state index contributed by atoms with van der Waals surface area (Å²) < 4.78 is 1.50. The van der Waals surface area contributed by atoms with Gasteiger partial charge in [0.05, 0.1) is 11.5 Å². The molecule has 0 aliphatic carbocycles. The Labute approximate surface area is 208 Å². The highest BCUT2D eigenvalue weighted by atomic mass is 32.2. The van der Waals surface area contributed by atoms with E-state index in [0.29, 0.717) is 17.7 Å². The van der Waals surface area contributed by atoms with Crippen molar-refractivity contribution in [1.29, 1.82) is 0 Å². The van der Waals surface area contributed by atoms with Crippen LogP contribution in [0.5, 0.6) is 5.75 Å². The molecule has 0 fully saturated rings. The van der Waals surface area contributed by atoms with Crippen LogP contribution in [-0.2, 0) is 22.7 Å². The number of aromatic nitrogens is 4. The highest BCUT2D eigenvalue weighted by Crippen LogP contribution is 2.28. The van der Waals surface area contributed by atoms with E-state index in [4.69, 9.17) is 0 Å². The maximum Gasteiger partial charge on any atom is 0.230 e. The standard InChI is InChI=1S/C20H24N6O3S4/c1-10-5-14(6-21-16(27)8-30-19-25-23-12(3)32-19)15(11(2)18(10)29)7-22-17(28)9-31-20-26-24-13(4)33-20/h5,29H,6-9H2,1-4H3,(H,21,27)(H,22,28). The lowest BCUT2D eigenvalue weighted by Crippen LogP contribution is -2.28. The molecule has 2 amide bonds. The van der Waals surface area contributed by atoms with Crippen LogP contribution >= 0.6 is 46.2 Å². The molecule has 2 heterocycles. The van der Waals surface area contributed by atoms with Crippen LogP contribution in [0.4, 0.5) is 0 Å². The van der Waals surface area contributed by atoms with E-state index >= 15 is 0 Å². The molecule has 1 aromatic carbocycles. The van der Waals surface area contributed by atoms with Crippen LogP contribution in [0.1, 0.15) is 32.3 Å². The van der Waals surface area contributed by atoms with Crippen molar-refractivity contribution < 1.29 is 14.7 Å². The topological polar surface area (TPSA) is 130 Å². The zero-order chi connectivity index (χ0) is 24.0. The molecule has 9 nitrogen and oxygen atoms in total. The van der Waals surface area contributed by atoms with Crippen molar-refractivity contribution in [2.45, 2.75) is 49.5 Å². The van der Waals surface area contributed by atoms with Crippen molar-refractivity contribution >= 4 is 58.0 Å². The van der Waals surface area contributed by atoms with Gasteiger partial charge in [0.2, 0.25) is 11.8 Å². The number of aryl methyl sites for hydroxylation is 3. The van der Waals surface area contributed by atoms with E-state index in [1.54, 1.807) is 0 Å². The molecule has 0 radical (unpaired) electrons. The van der Waals surface area contributed by atoms with E-state index in [0.717, 1.165) is 29.8 Å². The van der Waals surface area contributed by atoms with Crippen LogP contribution in [-0.4, -0.2) is 48.8 Å². The molecule has 0 saturated heterocycles. The van der Waals surface area contributed by atoms with E-state index in [1.807, 2.05) is 33.8 Å². The van der Waals surface area contributed by atoms with Crippen molar-refractivity contribution in [2.75, 3.05) is 11.5 Å².